The molecule has 0 radical (unpaired) electrons. The molecule has 58 valence electrons. The number of hydrogen-bond acceptors (Lipinski definition) is 4. The molecule has 0 amide bonds. The molecular formula is C6H8KNaO4. The number of rotatable bonds is 3. The Kier molecular flexibility index (Phi) is 14.6. The van der Waals surface area contributed by atoms with Gasteiger partial charge >= 0.3 is 80.9 Å². The van der Waals surface area contributed by atoms with Crippen molar-refractivity contribution >= 4 is 11.9 Å². The largest absolute Gasteiger partial charge is 1.00 e. The van der Waals surface area contributed by atoms with E-state index in [4.69, 9.17) is 0 Å². The summed E-state index contributed by atoms with van der Waals surface area (Å²) in [6.45, 7) is 2.96. The second kappa shape index (κ2) is 9.14. The van der Waals surface area contributed by atoms with Crippen LogP contribution >= 0.6 is 0 Å². The molecular weight excluding hydrogens is 198 g/mol. The molecule has 6 heteroatoms. The summed E-state index contributed by atoms with van der Waals surface area (Å²) >= 11 is 0. The number of carbonyl (C=O) groups is 2. The van der Waals surface area contributed by atoms with Crippen molar-refractivity contribution in [3.05, 3.63) is 0 Å². The molecule has 0 aliphatic heterocycles. The van der Waals surface area contributed by atoms with E-state index in [9.17, 15) is 19.8 Å². The summed E-state index contributed by atoms with van der Waals surface area (Å²) in [6, 6.07) is 0. The standard InChI is InChI=1S/C6H10O4.K.Na/c1-3(2)4(5(7)8)6(9)10;;/h3-4H,1-2H3,(H,7,8)(H,9,10);;/q;2*+1/p-2. The normalized spacial score (nSPS) is 8.67. The zero-order valence-corrected chi connectivity index (χ0v) is 12.9. The van der Waals surface area contributed by atoms with Crippen molar-refractivity contribution in [1.29, 1.82) is 0 Å². The van der Waals surface area contributed by atoms with E-state index in [0.29, 0.717) is 0 Å². The molecule has 0 fully saturated rings. The predicted molar refractivity (Wildman–Crippen MR) is 28.3 cm³/mol. The molecule has 0 aromatic heterocycles. The third kappa shape index (κ3) is 7.03. The van der Waals surface area contributed by atoms with Crippen LogP contribution in [0.1, 0.15) is 13.8 Å². The first-order valence-electron chi connectivity index (χ1n) is 2.88. The Morgan fingerprint density at radius 2 is 1.33 bits per heavy atom. The SMILES string of the molecule is CC(C)C(C(=O)[O-])C(=O)[O-].[K+].[Na+]. The van der Waals surface area contributed by atoms with Crippen molar-refractivity contribution < 1.29 is 101 Å². The van der Waals surface area contributed by atoms with Crippen molar-refractivity contribution in [2.75, 3.05) is 0 Å². The van der Waals surface area contributed by atoms with E-state index >= 15 is 0 Å². The number of carboxylic acids is 2. The first-order valence-corrected chi connectivity index (χ1v) is 2.88. The minimum Gasteiger partial charge on any atom is -0.549 e. The van der Waals surface area contributed by atoms with Crippen LogP contribution in [-0.4, -0.2) is 11.9 Å². The maximum absolute atomic E-state index is 10.1. The predicted octanol–water partition coefficient (Wildman–Crippen LogP) is -8.23. The average Bonchev–Trinajstić information content (AvgIpc) is 1.59. The van der Waals surface area contributed by atoms with Gasteiger partial charge in [-0.15, -0.1) is 0 Å². The molecule has 12 heavy (non-hydrogen) atoms. The number of carboxylic acid groups (broad SMARTS) is 2. The summed E-state index contributed by atoms with van der Waals surface area (Å²) in [5.74, 6) is -5.17. The zero-order valence-electron chi connectivity index (χ0n) is 7.79. The van der Waals surface area contributed by atoms with E-state index in [0.717, 1.165) is 0 Å². The third-order valence-corrected chi connectivity index (χ3v) is 1.17. The molecule has 0 saturated carbocycles. The van der Waals surface area contributed by atoms with Crippen LogP contribution in [0.25, 0.3) is 0 Å². The summed E-state index contributed by atoms with van der Waals surface area (Å²) in [4.78, 5) is 20.1. The van der Waals surface area contributed by atoms with E-state index in [1.54, 1.807) is 0 Å². The van der Waals surface area contributed by atoms with Gasteiger partial charge in [-0.05, 0) is 5.92 Å². The van der Waals surface area contributed by atoms with Gasteiger partial charge in [0.15, 0.2) is 0 Å². The van der Waals surface area contributed by atoms with Gasteiger partial charge in [0, 0.05) is 5.92 Å². The zero-order chi connectivity index (χ0) is 8.31. The van der Waals surface area contributed by atoms with Gasteiger partial charge in [0.05, 0.1) is 11.9 Å². The van der Waals surface area contributed by atoms with Gasteiger partial charge in [0.1, 0.15) is 0 Å². The molecule has 0 bridgehead atoms. The third-order valence-electron chi connectivity index (χ3n) is 1.17. The molecule has 0 aromatic carbocycles. The smallest absolute Gasteiger partial charge is 0.549 e. The average molecular weight is 206 g/mol. The summed E-state index contributed by atoms with van der Waals surface area (Å²) in [5, 5.41) is 20.1. The maximum atomic E-state index is 10.1. The second-order valence-corrected chi connectivity index (χ2v) is 2.36. The Labute approximate surface area is 136 Å². The van der Waals surface area contributed by atoms with E-state index in [-0.39, 0.29) is 80.9 Å². The van der Waals surface area contributed by atoms with Gasteiger partial charge in [-0.1, -0.05) is 13.8 Å². The molecule has 0 unspecified atom stereocenters. The Bertz CT molecular complexity index is 146. The molecule has 0 spiro atoms. The second-order valence-electron chi connectivity index (χ2n) is 2.36. The molecule has 0 rings (SSSR count). The van der Waals surface area contributed by atoms with Crippen LogP contribution in [0.5, 0.6) is 0 Å². The fourth-order valence-corrected chi connectivity index (χ4v) is 0.641. The Balaban J connectivity index is -0.000000405. The topological polar surface area (TPSA) is 80.3 Å². The van der Waals surface area contributed by atoms with E-state index in [2.05, 4.69) is 0 Å². The van der Waals surface area contributed by atoms with Crippen LogP contribution in [0.4, 0.5) is 0 Å². The fraction of sp³-hybridized carbons (Fsp3) is 0.667. The van der Waals surface area contributed by atoms with Crippen LogP contribution in [0.2, 0.25) is 0 Å². The van der Waals surface area contributed by atoms with Crippen LogP contribution in [-0.2, 0) is 9.59 Å². The Hall–Kier alpha value is 1.58. The van der Waals surface area contributed by atoms with Crippen LogP contribution in [0, 0.1) is 11.8 Å². The molecule has 0 saturated heterocycles. The summed E-state index contributed by atoms with van der Waals surface area (Å²) < 4.78 is 0. The summed E-state index contributed by atoms with van der Waals surface area (Å²) in [7, 11) is 0. The summed E-state index contributed by atoms with van der Waals surface area (Å²) in [5.41, 5.74) is 0. The molecule has 0 atom stereocenters. The molecule has 0 aliphatic rings. The van der Waals surface area contributed by atoms with Crippen molar-refractivity contribution in [3.8, 4) is 0 Å². The molecule has 0 N–H and O–H groups in total. The first kappa shape index (κ1) is 19.2. The number of carbonyl (C=O) groups excluding carboxylic acids is 2. The quantitative estimate of drug-likeness (QED) is 0.339. The number of hydrogen-bond donors (Lipinski definition) is 0. The minimum absolute atomic E-state index is 0. The van der Waals surface area contributed by atoms with Crippen molar-refractivity contribution in [1.82, 2.24) is 0 Å². The molecule has 0 aromatic rings. The van der Waals surface area contributed by atoms with Crippen LogP contribution < -0.4 is 91.2 Å². The maximum Gasteiger partial charge on any atom is 1.00 e. The summed E-state index contributed by atoms with van der Waals surface area (Å²) in [6.07, 6.45) is 0. The Morgan fingerprint density at radius 3 is 1.33 bits per heavy atom. The van der Waals surface area contributed by atoms with E-state index < -0.39 is 23.8 Å². The van der Waals surface area contributed by atoms with Crippen molar-refractivity contribution in [3.63, 3.8) is 0 Å². The van der Waals surface area contributed by atoms with Gasteiger partial charge in [0.25, 0.3) is 0 Å². The van der Waals surface area contributed by atoms with E-state index in [1.807, 2.05) is 0 Å². The van der Waals surface area contributed by atoms with Crippen LogP contribution in [0.3, 0.4) is 0 Å². The van der Waals surface area contributed by atoms with Crippen LogP contribution in [0.15, 0.2) is 0 Å². The van der Waals surface area contributed by atoms with Gasteiger partial charge in [-0.3, -0.25) is 0 Å². The molecule has 4 nitrogen and oxygen atoms in total. The van der Waals surface area contributed by atoms with Gasteiger partial charge in [-0.25, -0.2) is 0 Å². The molecule has 0 heterocycles. The first-order chi connectivity index (χ1) is 4.46. The number of aliphatic carboxylic acids is 2. The van der Waals surface area contributed by atoms with E-state index in [1.165, 1.54) is 13.8 Å². The van der Waals surface area contributed by atoms with Gasteiger partial charge in [0.2, 0.25) is 0 Å². The Morgan fingerprint density at radius 1 is 1.08 bits per heavy atom. The van der Waals surface area contributed by atoms with Gasteiger partial charge < -0.3 is 19.8 Å². The van der Waals surface area contributed by atoms with Gasteiger partial charge in [-0.2, -0.15) is 0 Å². The minimum atomic E-state index is -1.59. The monoisotopic (exact) mass is 206 g/mol. The van der Waals surface area contributed by atoms with Crippen molar-refractivity contribution in [2.45, 2.75) is 13.8 Å². The van der Waals surface area contributed by atoms with Crippen molar-refractivity contribution in [2.24, 2.45) is 11.8 Å². The fourth-order valence-electron chi connectivity index (χ4n) is 0.641. The molecule has 0 aliphatic carbocycles.